The molecule has 3 aromatic rings. The predicted molar refractivity (Wildman–Crippen MR) is 119 cm³/mol. The second-order valence-corrected chi connectivity index (χ2v) is 8.62. The van der Waals surface area contributed by atoms with Crippen LogP contribution in [0.25, 0.3) is 5.78 Å². The van der Waals surface area contributed by atoms with Gasteiger partial charge in [-0.15, -0.1) is 5.10 Å². The number of anilines is 1. The number of hydrogen-bond acceptors (Lipinski definition) is 6. The summed E-state index contributed by atoms with van der Waals surface area (Å²) in [5, 5.41) is 6.33. The van der Waals surface area contributed by atoms with E-state index in [0.717, 1.165) is 17.4 Å². The van der Waals surface area contributed by atoms with Crippen LogP contribution in [0.1, 0.15) is 61.3 Å². The summed E-state index contributed by atoms with van der Waals surface area (Å²) in [6, 6.07) is 3.54. The van der Waals surface area contributed by atoms with E-state index in [-0.39, 0.29) is 24.5 Å². The Balaban J connectivity index is 1.41. The lowest BCUT2D eigenvalue weighted by Gasteiger charge is -2.22. The molecule has 8 nitrogen and oxygen atoms in total. The molecule has 3 aromatic heterocycles. The Morgan fingerprint density at radius 2 is 1.97 bits per heavy atom. The lowest BCUT2D eigenvalue weighted by molar-refractivity contribution is -0.144. The lowest BCUT2D eigenvalue weighted by Crippen LogP contribution is -2.18. The van der Waals surface area contributed by atoms with Gasteiger partial charge in [-0.25, -0.2) is 14.5 Å². The molecule has 4 rings (SSSR count). The van der Waals surface area contributed by atoms with Gasteiger partial charge in [0.15, 0.2) is 11.6 Å². The number of ether oxygens (including phenoxy) is 1. The number of carbonyl (C=O) groups excluding carboxylic acids is 1. The van der Waals surface area contributed by atoms with Crippen molar-refractivity contribution in [3.8, 4) is 5.75 Å². The number of amides is 1. The van der Waals surface area contributed by atoms with Crippen LogP contribution in [0, 0.1) is 19.8 Å². The number of rotatable bonds is 7. The summed E-state index contributed by atoms with van der Waals surface area (Å²) in [7, 11) is 0. The highest BCUT2D eigenvalue weighted by atomic mass is 19.4. The summed E-state index contributed by atoms with van der Waals surface area (Å²) in [5.41, 5.74) is 1.62. The van der Waals surface area contributed by atoms with Crippen LogP contribution in [0.2, 0.25) is 0 Å². The Morgan fingerprint density at radius 3 is 2.71 bits per heavy atom. The normalized spacial score (nSPS) is 15.0. The zero-order valence-electron chi connectivity index (χ0n) is 19.2. The fourth-order valence-electron chi connectivity index (χ4n) is 4.29. The molecule has 1 aliphatic rings. The van der Waals surface area contributed by atoms with Crippen LogP contribution in [0.3, 0.4) is 0 Å². The van der Waals surface area contributed by atoms with Gasteiger partial charge in [0.1, 0.15) is 0 Å². The molecule has 0 atom stereocenters. The van der Waals surface area contributed by atoms with Gasteiger partial charge in [0.2, 0.25) is 5.91 Å². The monoisotopic (exact) mass is 476 g/mol. The SMILES string of the molecule is Cc1nc2nc(C(F)(F)F)nn2c(C)c1CCC(=O)Nc1ncccc1OCC1CCCCC1. The Hall–Kier alpha value is -3.24. The van der Waals surface area contributed by atoms with Crippen LogP contribution in [0.5, 0.6) is 5.75 Å². The molecule has 11 heteroatoms. The maximum atomic E-state index is 13.0. The first kappa shape index (κ1) is 23.9. The number of nitrogens with zero attached hydrogens (tertiary/aromatic N) is 5. The first-order valence-corrected chi connectivity index (χ1v) is 11.4. The molecule has 182 valence electrons. The minimum atomic E-state index is -4.66. The van der Waals surface area contributed by atoms with E-state index in [9.17, 15) is 18.0 Å². The van der Waals surface area contributed by atoms with Gasteiger partial charge in [0.05, 0.1) is 6.61 Å². The van der Waals surface area contributed by atoms with Gasteiger partial charge >= 0.3 is 6.18 Å². The Labute approximate surface area is 195 Å². The highest BCUT2D eigenvalue weighted by Gasteiger charge is 2.37. The molecule has 1 N–H and O–H groups in total. The van der Waals surface area contributed by atoms with Crippen molar-refractivity contribution in [3.63, 3.8) is 0 Å². The number of fused-ring (bicyclic) bond motifs is 1. The topological polar surface area (TPSA) is 94.3 Å². The zero-order valence-corrected chi connectivity index (χ0v) is 19.2. The van der Waals surface area contributed by atoms with E-state index >= 15 is 0 Å². The number of alkyl halides is 3. The number of aryl methyl sites for hydroxylation is 2. The molecular weight excluding hydrogens is 449 g/mol. The number of nitrogens with one attached hydrogen (secondary N) is 1. The third-order valence-electron chi connectivity index (χ3n) is 6.13. The van der Waals surface area contributed by atoms with Crippen molar-refractivity contribution in [1.29, 1.82) is 0 Å². The Morgan fingerprint density at radius 1 is 1.21 bits per heavy atom. The summed E-state index contributed by atoms with van der Waals surface area (Å²) in [4.78, 5) is 24.5. The van der Waals surface area contributed by atoms with Crippen molar-refractivity contribution in [3.05, 3.63) is 41.1 Å². The molecule has 1 fully saturated rings. The van der Waals surface area contributed by atoms with E-state index in [1.165, 1.54) is 19.3 Å². The standard InChI is InChI=1S/C23H27F3N6O2/c1-14-17(15(2)32-22(28-14)30-21(31-32)23(24,25)26)10-11-19(33)29-20-18(9-6-12-27-20)34-13-16-7-4-3-5-8-16/h6,9,12,16H,3-5,7-8,10-11,13H2,1-2H3,(H,27,29,33). The molecule has 0 bridgehead atoms. The summed E-state index contributed by atoms with van der Waals surface area (Å²) in [6.45, 7) is 3.91. The molecule has 3 heterocycles. The van der Waals surface area contributed by atoms with Crippen LogP contribution in [-0.2, 0) is 17.4 Å². The van der Waals surface area contributed by atoms with Gasteiger partial charge in [-0.1, -0.05) is 19.3 Å². The van der Waals surface area contributed by atoms with Crippen LogP contribution in [0.4, 0.5) is 19.0 Å². The van der Waals surface area contributed by atoms with Gasteiger partial charge in [0.25, 0.3) is 11.6 Å². The second-order valence-electron chi connectivity index (χ2n) is 8.62. The predicted octanol–water partition coefficient (Wildman–Crippen LogP) is 4.69. The van der Waals surface area contributed by atoms with Crippen LogP contribution in [0.15, 0.2) is 18.3 Å². The fourth-order valence-corrected chi connectivity index (χ4v) is 4.29. The highest BCUT2D eigenvalue weighted by molar-refractivity contribution is 5.91. The van der Waals surface area contributed by atoms with Crippen LogP contribution < -0.4 is 10.1 Å². The van der Waals surface area contributed by atoms with E-state index < -0.39 is 12.0 Å². The van der Waals surface area contributed by atoms with Crippen LogP contribution in [-0.4, -0.2) is 37.1 Å². The first-order valence-electron chi connectivity index (χ1n) is 11.4. The number of halogens is 3. The number of aromatic nitrogens is 5. The average Bonchev–Trinajstić information content (AvgIpc) is 3.24. The minimum Gasteiger partial charge on any atom is -0.489 e. The number of carbonyl (C=O) groups is 1. The maximum Gasteiger partial charge on any atom is 0.453 e. The molecule has 0 spiro atoms. The van der Waals surface area contributed by atoms with Gasteiger partial charge < -0.3 is 10.1 Å². The van der Waals surface area contributed by atoms with E-state index in [1.807, 2.05) is 0 Å². The molecule has 34 heavy (non-hydrogen) atoms. The Kier molecular flexibility index (Phi) is 6.99. The smallest absolute Gasteiger partial charge is 0.453 e. The van der Waals surface area contributed by atoms with E-state index in [0.29, 0.717) is 41.0 Å². The van der Waals surface area contributed by atoms with Gasteiger partial charge in [-0.05, 0) is 56.7 Å². The van der Waals surface area contributed by atoms with Crippen LogP contribution >= 0.6 is 0 Å². The van der Waals surface area contributed by atoms with E-state index in [2.05, 4.69) is 25.4 Å². The maximum absolute atomic E-state index is 13.0. The average molecular weight is 477 g/mol. The van der Waals surface area contributed by atoms with Crippen molar-refractivity contribution in [2.45, 2.75) is 65.0 Å². The summed E-state index contributed by atoms with van der Waals surface area (Å²) in [5.74, 6) is -0.247. The molecule has 1 amide bonds. The van der Waals surface area contributed by atoms with Gasteiger partial charge in [-0.2, -0.15) is 18.2 Å². The molecule has 1 aliphatic carbocycles. The van der Waals surface area contributed by atoms with Crippen molar-refractivity contribution in [2.75, 3.05) is 11.9 Å². The van der Waals surface area contributed by atoms with Crippen molar-refractivity contribution in [2.24, 2.45) is 5.92 Å². The number of pyridine rings is 1. The molecule has 1 saturated carbocycles. The van der Waals surface area contributed by atoms with Crippen molar-refractivity contribution >= 4 is 17.5 Å². The summed E-state index contributed by atoms with van der Waals surface area (Å²) < 4.78 is 46.0. The lowest BCUT2D eigenvalue weighted by atomic mass is 9.90. The molecular formula is C23H27F3N6O2. The molecule has 0 radical (unpaired) electrons. The molecule has 0 aromatic carbocycles. The molecule has 0 unspecified atom stereocenters. The van der Waals surface area contributed by atoms with E-state index in [4.69, 9.17) is 4.74 Å². The third kappa shape index (κ3) is 5.45. The Bertz CT molecular complexity index is 1170. The fraction of sp³-hybridized carbons (Fsp3) is 0.522. The minimum absolute atomic E-state index is 0.0916. The van der Waals surface area contributed by atoms with Crippen molar-refractivity contribution in [1.82, 2.24) is 24.6 Å². The van der Waals surface area contributed by atoms with Gasteiger partial charge in [-0.3, -0.25) is 4.79 Å². The number of hydrogen-bond donors (Lipinski definition) is 1. The second kappa shape index (κ2) is 9.94. The summed E-state index contributed by atoms with van der Waals surface area (Å²) >= 11 is 0. The zero-order chi connectivity index (χ0) is 24.3. The van der Waals surface area contributed by atoms with E-state index in [1.54, 1.807) is 32.2 Å². The third-order valence-corrected chi connectivity index (χ3v) is 6.13. The molecule has 0 aliphatic heterocycles. The summed E-state index contributed by atoms with van der Waals surface area (Å²) in [6.07, 6.45) is 3.29. The highest BCUT2D eigenvalue weighted by Crippen LogP contribution is 2.28. The largest absolute Gasteiger partial charge is 0.489 e. The van der Waals surface area contributed by atoms with Crippen molar-refractivity contribution < 1.29 is 22.7 Å². The first-order chi connectivity index (χ1) is 16.2. The van der Waals surface area contributed by atoms with Gasteiger partial charge in [0, 0.05) is 24.0 Å². The quantitative estimate of drug-likeness (QED) is 0.532. The molecule has 0 saturated heterocycles.